The SMILES string of the molecule is O=C(Nc1c(-c2ccc(F)cc2)nc2sccn12)c1ccc2c(c1)CCC2. The van der Waals surface area contributed by atoms with Crippen LogP contribution in [0, 0.1) is 5.82 Å². The van der Waals surface area contributed by atoms with Gasteiger partial charge in [-0.15, -0.1) is 11.3 Å². The number of carbonyl (C=O) groups is 1. The van der Waals surface area contributed by atoms with E-state index in [1.165, 1.54) is 34.6 Å². The Morgan fingerprint density at radius 2 is 1.93 bits per heavy atom. The number of nitrogens with one attached hydrogen (secondary N) is 1. The molecule has 4 aromatic rings. The maximum atomic E-state index is 13.3. The molecule has 1 aliphatic carbocycles. The number of carbonyl (C=O) groups excluding carboxylic acids is 1. The van der Waals surface area contributed by atoms with Crippen molar-refractivity contribution in [3.05, 3.63) is 76.5 Å². The number of hydrogen-bond donors (Lipinski definition) is 1. The first-order valence-corrected chi connectivity index (χ1v) is 9.72. The number of anilines is 1. The molecule has 27 heavy (non-hydrogen) atoms. The van der Waals surface area contributed by atoms with Crippen LogP contribution < -0.4 is 5.32 Å². The third-order valence-electron chi connectivity index (χ3n) is 4.97. The number of aromatic nitrogens is 2. The predicted molar refractivity (Wildman–Crippen MR) is 105 cm³/mol. The van der Waals surface area contributed by atoms with Gasteiger partial charge in [0.05, 0.1) is 0 Å². The highest BCUT2D eigenvalue weighted by Gasteiger charge is 2.19. The van der Waals surface area contributed by atoms with Crippen LogP contribution >= 0.6 is 11.3 Å². The Kier molecular flexibility index (Phi) is 3.79. The molecular weight excluding hydrogens is 361 g/mol. The fourth-order valence-corrected chi connectivity index (χ4v) is 4.32. The lowest BCUT2D eigenvalue weighted by Gasteiger charge is -2.09. The monoisotopic (exact) mass is 377 g/mol. The van der Waals surface area contributed by atoms with Crippen molar-refractivity contribution in [3.8, 4) is 11.3 Å². The molecule has 0 unspecified atom stereocenters. The summed E-state index contributed by atoms with van der Waals surface area (Å²) in [5, 5.41) is 4.93. The van der Waals surface area contributed by atoms with E-state index >= 15 is 0 Å². The third-order valence-corrected chi connectivity index (χ3v) is 5.73. The summed E-state index contributed by atoms with van der Waals surface area (Å²) in [5.74, 6) is 0.132. The Balaban J connectivity index is 1.54. The summed E-state index contributed by atoms with van der Waals surface area (Å²) in [6.45, 7) is 0. The number of thiazole rings is 1. The summed E-state index contributed by atoms with van der Waals surface area (Å²) in [6, 6.07) is 12.1. The second-order valence-electron chi connectivity index (χ2n) is 6.66. The maximum Gasteiger partial charge on any atom is 0.256 e. The largest absolute Gasteiger partial charge is 0.306 e. The molecule has 1 N–H and O–H groups in total. The number of imidazole rings is 1. The van der Waals surface area contributed by atoms with E-state index in [9.17, 15) is 9.18 Å². The Labute approximate surface area is 159 Å². The van der Waals surface area contributed by atoms with Crippen LogP contribution in [0.5, 0.6) is 0 Å². The Hall–Kier alpha value is -2.99. The number of benzene rings is 2. The molecule has 5 rings (SSSR count). The van der Waals surface area contributed by atoms with Gasteiger partial charge in [0.1, 0.15) is 17.3 Å². The molecular formula is C21H16FN3OS. The molecule has 0 spiro atoms. The van der Waals surface area contributed by atoms with Crippen LogP contribution in [0.25, 0.3) is 16.2 Å². The number of rotatable bonds is 3. The van der Waals surface area contributed by atoms with Gasteiger partial charge in [0.2, 0.25) is 0 Å². The average Bonchev–Trinajstić information content (AvgIpc) is 3.38. The van der Waals surface area contributed by atoms with E-state index in [2.05, 4.69) is 16.4 Å². The molecule has 0 bridgehead atoms. The van der Waals surface area contributed by atoms with Gasteiger partial charge in [-0.2, -0.15) is 0 Å². The van der Waals surface area contributed by atoms with E-state index in [1.807, 2.05) is 28.1 Å². The number of amides is 1. The van der Waals surface area contributed by atoms with Crippen LogP contribution in [0.1, 0.15) is 27.9 Å². The molecule has 0 saturated heterocycles. The van der Waals surface area contributed by atoms with Crippen molar-refractivity contribution in [1.82, 2.24) is 9.38 Å². The number of halogens is 1. The maximum absolute atomic E-state index is 13.3. The van der Waals surface area contributed by atoms with E-state index in [4.69, 9.17) is 0 Å². The summed E-state index contributed by atoms with van der Waals surface area (Å²) in [5.41, 5.74) is 4.64. The zero-order chi connectivity index (χ0) is 18.4. The minimum absolute atomic E-state index is 0.166. The molecule has 0 fully saturated rings. The summed E-state index contributed by atoms with van der Waals surface area (Å²) in [6.07, 6.45) is 5.13. The number of aryl methyl sites for hydroxylation is 2. The lowest BCUT2D eigenvalue weighted by molar-refractivity contribution is 0.102. The molecule has 1 amide bonds. The minimum Gasteiger partial charge on any atom is -0.306 e. The van der Waals surface area contributed by atoms with Crippen LogP contribution in [-0.4, -0.2) is 15.3 Å². The highest BCUT2D eigenvalue weighted by Crippen LogP contribution is 2.31. The normalized spacial score (nSPS) is 13.1. The molecule has 134 valence electrons. The zero-order valence-corrected chi connectivity index (χ0v) is 15.2. The van der Waals surface area contributed by atoms with Crippen molar-refractivity contribution in [2.75, 3.05) is 5.32 Å². The summed E-state index contributed by atoms with van der Waals surface area (Å²) in [4.78, 5) is 18.3. The summed E-state index contributed by atoms with van der Waals surface area (Å²) >= 11 is 1.49. The van der Waals surface area contributed by atoms with Crippen molar-refractivity contribution in [2.24, 2.45) is 0 Å². The molecule has 0 atom stereocenters. The predicted octanol–water partition coefficient (Wildman–Crippen LogP) is 4.94. The van der Waals surface area contributed by atoms with E-state index in [1.54, 1.807) is 12.1 Å². The highest BCUT2D eigenvalue weighted by molar-refractivity contribution is 7.15. The first-order valence-electron chi connectivity index (χ1n) is 8.84. The van der Waals surface area contributed by atoms with Crippen LogP contribution in [0.3, 0.4) is 0 Å². The highest BCUT2D eigenvalue weighted by atomic mass is 32.1. The Morgan fingerprint density at radius 3 is 2.78 bits per heavy atom. The van der Waals surface area contributed by atoms with Crippen LogP contribution in [0.15, 0.2) is 54.0 Å². The second-order valence-corrected chi connectivity index (χ2v) is 7.54. The van der Waals surface area contributed by atoms with Crippen molar-refractivity contribution in [3.63, 3.8) is 0 Å². The average molecular weight is 377 g/mol. The Morgan fingerprint density at radius 1 is 1.11 bits per heavy atom. The molecule has 0 aliphatic heterocycles. The molecule has 4 nitrogen and oxygen atoms in total. The molecule has 1 aliphatic rings. The first-order chi connectivity index (χ1) is 13.2. The topological polar surface area (TPSA) is 46.4 Å². The molecule has 6 heteroatoms. The fraction of sp³-hybridized carbons (Fsp3) is 0.143. The molecule has 2 heterocycles. The van der Waals surface area contributed by atoms with E-state index in [-0.39, 0.29) is 11.7 Å². The fourth-order valence-electron chi connectivity index (χ4n) is 3.61. The van der Waals surface area contributed by atoms with Gasteiger partial charge in [-0.25, -0.2) is 9.37 Å². The van der Waals surface area contributed by atoms with Gasteiger partial charge < -0.3 is 5.32 Å². The van der Waals surface area contributed by atoms with E-state index in [0.29, 0.717) is 17.1 Å². The van der Waals surface area contributed by atoms with Gasteiger partial charge in [0.15, 0.2) is 4.96 Å². The van der Waals surface area contributed by atoms with Crippen LogP contribution in [0.4, 0.5) is 10.2 Å². The zero-order valence-electron chi connectivity index (χ0n) is 14.4. The van der Waals surface area contributed by atoms with Gasteiger partial charge in [-0.05, 0) is 66.8 Å². The molecule has 0 saturated carbocycles. The van der Waals surface area contributed by atoms with E-state index in [0.717, 1.165) is 29.8 Å². The van der Waals surface area contributed by atoms with Crippen LogP contribution in [-0.2, 0) is 12.8 Å². The second kappa shape index (κ2) is 6.32. The lowest BCUT2D eigenvalue weighted by atomic mass is 10.1. The quantitative estimate of drug-likeness (QED) is 0.549. The van der Waals surface area contributed by atoms with Gasteiger partial charge >= 0.3 is 0 Å². The van der Waals surface area contributed by atoms with Crippen molar-refractivity contribution < 1.29 is 9.18 Å². The minimum atomic E-state index is -0.302. The number of hydrogen-bond acceptors (Lipinski definition) is 3. The van der Waals surface area contributed by atoms with Crippen molar-refractivity contribution in [1.29, 1.82) is 0 Å². The van der Waals surface area contributed by atoms with Gasteiger partial charge in [-0.3, -0.25) is 9.20 Å². The number of nitrogens with zero attached hydrogens (tertiary/aromatic N) is 2. The van der Waals surface area contributed by atoms with Crippen LogP contribution in [0.2, 0.25) is 0 Å². The lowest BCUT2D eigenvalue weighted by Crippen LogP contribution is -2.14. The molecule has 2 aromatic carbocycles. The molecule has 0 radical (unpaired) electrons. The van der Waals surface area contributed by atoms with E-state index < -0.39 is 0 Å². The summed E-state index contributed by atoms with van der Waals surface area (Å²) in [7, 11) is 0. The van der Waals surface area contributed by atoms with Crippen molar-refractivity contribution in [2.45, 2.75) is 19.3 Å². The molecule has 2 aromatic heterocycles. The van der Waals surface area contributed by atoms with Gasteiger partial charge in [-0.1, -0.05) is 6.07 Å². The van der Waals surface area contributed by atoms with Gasteiger partial charge in [0, 0.05) is 22.7 Å². The van der Waals surface area contributed by atoms with Crippen molar-refractivity contribution >= 4 is 28.0 Å². The van der Waals surface area contributed by atoms with Gasteiger partial charge in [0.25, 0.3) is 5.91 Å². The standard InChI is InChI=1S/C21H16FN3OS/c22-17-8-6-14(7-9-17)18-19(25-10-11-27-21(25)23-18)24-20(26)16-5-4-13-2-1-3-15(13)12-16/h4-12H,1-3H2,(H,24,26). The Bertz CT molecular complexity index is 1160. The first kappa shape index (κ1) is 16.2. The summed E-state index contributed by atoms with van der Waals surface area (Å²) < 4.78 is 15.2. The smallest absolute Gasteiger partial charge is 0.256 e. The third kappa shape index (κ3) is 2.82. The number of fused-ring (bicyclic) bond motifs is 2.